The summed E-state index contributed by atoms with van der Waals surface area (Å²) in [6.45, 7) is 7.79. The molecule has 0 saturated carbocycles. The van der Waals surface area contributed by atoms with Crippen molar-refractivity contribution in [3.05, 3.63) is 53.6 Å². The molecule has 128 valence electrons. The lowest BCUT2D eigenvalue weighted by Crippen LogP contribution is -2.25. The third-order valence-electron chi connectivity index (χ3n) is 3.97. The Morgan fingerprint density at radius 2 is 1.88 bits per heavy atom. The summed E-state index contributed by atoms with van der Waals surface area (Å²) >= 11 is 0. The van der Waals surface area contributed by atoms with Crippen LogP contribution in [-0.2, 0) is 0 Å². The molecule has 24 heavy (non-hydrogen) atoms. The van der Waals surface area contributed by atoms with Crippen molar-refractivity contribution in [3.63, 3.8) is 0 Å². The predicted molar refractivity (Wildman–Crippen MR) is 97.4 cm³/mol. The Morgan fingerprint density at radius 3 is 2.46 bits per heavy atom. The first-order chi connectivity index (χ1) is 11.6. The molecule has 2 aromatic rings. The summed E-state index contributed by atoms with van der Waals surface area (Å²) in [6, 6.07) is 13.0. The number of anilines is 1. The zero-order valence-corrected chi connectivity index (χ0v) is 14.6. The van der Waals surface area contributed by atoms with Crippen LogP contribution in [0.4, 0.5) is 5.69 Å². The van der Waals surface area contributed by atoms with Crippen LogP contribution < -0.4 is 9.64 Å². The number of nitrogens with zero attached hydrogens (tertiary/aromatic N) is 1. The molecule has 0 heterocycles. The third kappa shape index (κ3) is 4.28. The van der Waals surface area contributed by atoms with Gasteiger partial charge in [0.05, 0.1) is 11.3 Å². The van der Waals surface area contributed by atoms with E-state index in [1.807, 2.05) is 37.3 Å². The highest BCUT2D eigenvalue weighted by atomic mass is 16.5. The molecule has 2 rings (SSSR count). The Hall–Kier alpha value is -2.49. The maximum absolute atomic E-state index is 11.4. The third-order valence-corrected chi connectivity index (χ3v) is 3.97. The second kappa shape index (κ2) is 8.39. The maximum atomic E-state index is 11.4. The zero-order chi connectivity index (χ0) is 17.5. The molecule has 0 aliphatic rings. The molecule has 0 unspecified atom stereocenters. The molecule has 0 spiro atoms. The number of benzene rings is 2. The summed E-state index contributed by atoms with van der Waals surface area (Å²) < 4.78 is 6.10. The smallest absolute Gasteiger partial charge is 0.335 e. The van der Waals surface area contributed by atoms with Crippen LogP contribution in [0, 0.1) is 6.92 Å². The van der Waals surface area contributed by atoms with Gasteiger partial charge in [-0.15, -0.1) is 0 Å². The van der Waals surface area contributed by atoms with Crippen LogP contribution in [0.1, 0.15) is 42.6 Å². The van der Waals surface area contributed by atoms with Crippen LogP contribution in [0.5, 0.6) is 11.5 Å². The van der Waals surface area contributed by atoms with E-state index in [2.05, 4.69) is 18.7 Å². The van der Waals surface area contributed by atoms with Gasteiger partial charge in [0.25, 0.3) is 0 Å². The van der Waals surface area contributed by atoms with Gasteiger partial charge < -0.3 is 14.7 Å². The maximum Gasteiger partial charge on any atom is 0.335 e. The van der Waals surface area contributed by atoms with Crippen LogP contribution in [0.15, 0.2) is 42.5 Å². The van der Waals surface area contributed by atoms with Gasteiger partial charge in [-0.25, -0.2) is 4.79 Å². The number of ether oxygens (including phenoxy) is 1. The SMILES string of the molecule is CCCCN(CC)c1cc(C(=O)O)cc(C)c1Oc1ccccc1. The van der Waals surface area contributed by atoms with Crippen molar-refractivity contribution >= 4 is 11.7 Å². The average Bonchev–Trinajstić information content (AvgIpc) is 2.58. The summed E-state index contributed by atoms with van der Waals surface area (Å²) in [4.78, 5) is 13.6. The first-order valence-corrected chi connectivity index (χ1v) is 8.42. The van der Waals surface area contributed by atoms with E-state index < -0.39 is 5.97 Å². The molecule has 0 saturated heterocycles. The molecule has 1 N–H and O–H groups in total. The van der Waals surface area contributed by atoms with Gasteiger partial charge in [-0.1, -0.05) is 31.5 Å². The molecule has 0 aliphatic heterocycles. The number of carboxylic acids is 1. The number of hydrogen-bond acceptors (Lipinski definition) is 3. The van der Waals surface area contributed by atoms with E-state index >= 15 is 0 Å². The van der Waals surface area contributed by atoms with E-state index in [-0.39, 0.29) is 5.56 Å². The van der Waals surface area contributed by atoms with Gasteiger partial charge >= 0.3 is 5.97 Å². The van der Waals surface area contributed by atoms with Gasteiger partial charge in [-0.05, 0) is 50.1 Å². The molecule has 0 radical (unpaired) electrons. The monoisotopic (exact) mass is 327 g/mol. The van der Waals surface area contributed by atoms with Crippen molar-refractivity contribution in [2.75, 3.05) is 18.0 Å². The number of aromatic carboxylic acids is 1. The molecule has 4 heteroatoms. The molecule has 0 atom stereocenters. The number of carboxylic acid groups (broad SMARTS) is 1. The molecule has 0 bridgehead atoms. The molecular weight excluding hydrogens is 302 g/mol. The van der Waals surface area contributed by atoms with Crippen LogP contribution in [0.2, 0.25) is 0 Å². The lowest BCUT2D eigenvalue weighted by atomic mass is 10.1. The van der Waals surface area contributed by atoms with Crippen molar-refractivity contribution in [1.82, 2.24) is 0 Å². The van der Waals surface area contributed by atoms with Crippen LogP contribution in [0.3, 0.4) is 0 Å². The van der Waals surface area contributed by atoms with Crippen molar-refractivity contribution in [2.45, 2.75) is 33.6 Å². The molecule has 0 aliphatic carbocycles. The van der Waals surface area contributed by atoms with Gasteiger partial charge in [0.15, 0.2) is 5.75 Å². The molecule has 2 aromatic carbocycles. The van der Waals surface area contributed by atoms with Crippen molar-refractivity contribution < 1.29 is 14.6 Å². The van der Waals surface area contributed by atoms with E-state index in [4.69, 9.17) is 4.74 Å². The summed E-state index contributed by atoms with van der Waals surface area (Å²) in [6.07, 6.45) is 2.14. The summed E-state index contributed by atoms with van der Waals surface area (Å²) in [5.74, 6) is 0.553. The predicted octanol–water partition coefficient (Wildman–Crippen LogP) is 5.11. The van der Waals surface area contributed by atoms with E-state index in [1.54, 1.807) is 12.1 Å². The first kappa shape index (κ1) is 17.9. The van der Waals surface area contributed by atoms with Gasteiger partial charge in [0.2, 0.25) is 0 Å². The largest absolute Gasteiger partial charge is 0.478 e. The number of carbonyl (C=O) groups is 1. The summed E-state index contributed by atoms with van der Waals surface area (Å²) in [5.41, 5.74) is 1.95. The Morgan fingerprint density at radius 1 is 1.17 bits per heavy atom. The quantitative estimate of drug-likeness (QED) is 0.732. The fraction of sp³-hybridized carbons (Fsp3) is 0.350. The highest BCUT2D eigenvalue weighted by Gasteiger charge is 2.18. The normalized spacial score (nSPS) is 10.5. The highest BCUT2D eigenvalue weighted by Crippen LogP contribution is 2.37. The van der Waals surface area contributed by atoms with Gasteiger partial charge in [0, 0.05) is 13.1 Å². The molecule has 0 fully saturated rings. The molecule has 4 nitrogen and oxygen atoms in total. The second-order valence-corrected chi connectivity index (χ2v) is 5.79. The minimum Gasteiger partial charge on any atom is -0.478 e. The number of unbranched alkanes of at least 4 members (excludes halogenated alkanes) is 1. The van der Waals surface area contributed by atoms with E-state index in [9.17, 15) is 9.90 Å². The molecular formula is C20H25NO3. The average molecular weight is 327 g/mol. The standard InChI is InChI=1S/C20H25NO3/c1-4-6-12-21(5-2)18-14-16(20(22)23)13-15(3)19(18)24-17-10-8-7-9-11-17/h7-11,13-14H,4-6,12H2,1-3H3,(H,22,23). The first-order valence-electron chi connectivity index (χ1n) is 8.42. The Labute approximate surface area is 143 Å². The lowest BCUT2D eigenvalue weighted by molar-refractivity contribution is 0.0697. The summed E-state index contributed by atoms with van der Waals surface area (Å²) in [7, 11) is 0. The number of aryl methyl sites for hydroxylation is 1. The number of para-hydroxylation sites is 1. The minimum absolute atomic E-state index is 0.290. The van der Waals surface area contributed by atoms with Gasteiger partial charge in [-0.2, -0.15) is 0 Å². The second-order valence-electron chi connectivity index (χ2n) is 5.79. The summed E-state index contributed by atoms with van der Waals surface area (Å²) in [5, 5.41) is 9.39. The molecule has 0 amide bonds. The molecule has 0 aromatic heterocycles. The van der Waals surface area contributed by atoms with Gasteiger partial charge in [-0.3, -0.25) is 0 Å². The van der Waals surface area contributed by atoms with Crippen LogP contribution >= 0.6 is 0 Å². The Bertz CT molecular complexity index is 683. The topological polar surface area (TPSA) is 49.8 Å². The lowest BCUT2D eigenvalue weighted by Gasteiger charge is -2.27. The van der Waals surface area contributed by atoms with E-state index in [1.165, 1.54) is 0 Å². The van der Waals surface area contributed by atoms with Crippen molar-refractivity contribution in [3.8, 4) is 11.5 Å². The zero-order valence-electron chi connectivity index (χ0n) is 14.6. The van der Waals surface area contributed by atoms with Crippen LogP contribution in [0.25, 0.3) is 0 Å². The fourth-order valence-electron chi connectivity index (χ4n) is 2.65. The highest BCUT2D eigenvalue weighted by molar-refractivity contribution is 5.90. The number of hydrogen-bond donors (Lipinski definition) is 1. The van der Waals surface area contributed by atoms with Gasteiger partial charge in [0.1, 0.15) is 5.75 Å². The van der Waals surface area contributed by atoms with Crippen LogP contribution in [-0.4, -0.2) is 24.2 Å². The van der Waals surface area contributed by atoms with E-state index in [0.717, 1.165) is 48.7 Å². The number of rotatable bonds is 8. The Balaban J connectivity index is 2.48. The Kier molecular flexibility index (Phi) is 6.24. The minimum atomic E-state index is -0.919. The van der Waals surface area contributed by atoms with Crippen molar-refractivity contribution in [2.24, 2.45) is 0 Å². The fourth-order valence-corrected chi connectivity index (χ4v) is 2.65. The van der Waals surface area contributed by atoms with Crippen molar-refractivity contribution in [1.29, 1.82) is 0 Å². The van der Waals surface area contributed by atoms with E-state index in [0.29, 0.717) is 0 Å².